The first-order valence-electron chi connectivity index (χ1n) is 8.29. The van der Waals surface area contributed by atoms with Crippen molar-refractivity contribution in [3.05, 3.63) is 0 Å². The molecule has 112 valence electrons. The van der Waals surface area contributed by atoms with E-state index in [1.54, 1.807) is 4.90 Å². The third-order valence-corrected chi connectivity index (χ3v) is 5.42. The van der Waals surface area contributed by atoms with Gasteiger partial charge in [-0.2, -0.15) is 0 Å². The molecule has 0 bridgehead atoms. The Morgan fingerprint density at radius 3 is 2.55 bits per heavy atom. The van der Waals surface area contributed by atoms with Crippen molar-refractivity contribution < 1.29 is 9.59 Å². The van der Waals surface area contributed by atoms with Crippen molar-refractivity contribution in [2.24, 2.45) is 5.92 Å². The van der Waals surface area contributed by atoms with Gasteiger partial charge in [0.1, 0.15) is 12.1 Å². The van der Waals surface area contributed by atoms with Crippen molar-refractivity contribution in [1.82, 2.24) is 9.80 Å². The number of piperazine rings is 1. The summed E-state index contributed by atoms with van der Waals surface area (Å²) >= 11 is 0. The molecule has 0 N–H and O–H groups in total. The minimum absolute atomic E-state index is 0.148. The molecule has 0 radical (unpaired) electrons. The first-order valence-corrected chi connectivity index (χ1v) is 8.29. The molecule has 3 fully saturated rings. The Bertz CT molecular complexity index is 390. The zero-order valence-electron chi connectivity index (χ0n) is 12.5. The van der Waals surface area contributed by atoms with Gasteiger partial charge in [0.2, 0.25) is 11.8 Å². The van der Waals surface area contributed by atoms with Gasteiger partial charge >= 0.3 is 0 Å². The van der Waals surface area contributed by atoms with E-state index < -0.39 is 0 Å². The molecule has 20 heavy (non-hydrogen) atoms. The predicted octanol–water partition coefficient (Wildman–Crippen LogP) is 2.18. The van der Waals surface area contributed by atoms with E-state index in [2.05, 4.69) is 0 Å². The van der Waals surface area contributed by atoms with E-state index >= 15 is 0 Å². The van der Waals surface area contributed by atoms with Crippen molar-refractivity contribution in [3.8, 4) is 0 Å². The summed E-state index contributed by atoms with van der Waals surface area (Å²) in [6.07, 6.45) is 9.58. The van der Waals surface area contributed by atoms with Gasteiger partial charge in [-0.1, -0.05) is 25.7 Å². The molecule has 2 heterocycles. The third-order valence-electron chi connectivity index (χ3n) is 5.42. The number of hydrogen-bond acceptors (Lipinski definition) is 2. The molecule has 3 aliphatic rings. The first kappa shape index (κ1) is 13.9. The summed E-state index contributed by atoms with van der Waals surface area (Å²) in [7, 11) is 0. The molecular weight excluding hydrogens is 252 g/mol. The van der Waals surface area contributed by atoms with Gasteiger partial charge in [-0.15, -0.1) is 0 Å². The van der Waals surface area contributed by atoms with Crippen molar-refractivity contribution in [1.29, 1.82) is 0 Å². The molecule has 0 spiro atoms. The molecule has 1 saturated carbocycles. The van der Waals surface area contributed by atoms with Gasteiger partial charge in [0.15, 0.2) is 0 Å². The highest BCUT2D eigenvalue weighted by Gasteiger charge is 2.45. The van der Waals surface area contributed by atoms with Crippen LogP contribution in [-0.2, 0) is 9.59 Å². The van der Waals surface area contributed by atoms with Crippen molar-refractivity contribution in [3.63, 3.8) is 0 Å². The summed E-state index contributed by atoms with van der Waals surface area (Å²) < 4.78 is 0. The SMILES string of the molecule is CC1C(=O)N2CCCC2C(=O)N1CCCC1CCCC1. The molecule has 0 aromatic carbocycles. The van der Waals surface area contributed by atoms with Crippen LogP contribution >= 0.6 is 0 Å². The minimum Gasteiger partial charge on any atom is -0.329 e. The number of amides is 2. The lowest BCUT2D eigenvalue weighted by Gasteiger charge is -2.41. The summed E-state index contributed by atoms with van der Waals surface area (Å²) in [5.41, 5.74) is 0. The summed E-state index contributed by atoms with van der Waals surface area (Å²) in [6, 6.07) is -0.398. The Balaban J connectivity index is 1.56. The van der Waals surface area contributed by atoms with Gasteiger partial charge in [0.05, 0.1) is 0 Å². The average molecular weight is 278 g/mol. The monoisotopic (exact) mass is 278 g/mol. The summed E-state index contributed by atoms with van der Waals surface area (Å²) in [6.45, 7) is 3.44. The molecule has 4 heteroatoms. The molecule has 3 rings (SSSR count). The molecule has 0 aromatic rings. The summed E-state index contributed by atoms with van der Waals surface area (Å²) in [5, 5.41) is 0. The zero-order valence-corrected chi connectivity index (χ0v) is 12.5. The van der Waals surface area contributed by atoms with Gasteiger partial charge in [-0.05, 0) is 38.5 Å². The fourth-order valence-corrected chi connectivity index (χ4v) is 4.20. The fourth-order valence-electron chi connectivity index (χ4n) is 4.20. The second-order valence-electron chi connectivity index (χ2n) is 6.69. The van der Waals surface area contributed by atoms with E-state index in [0.29, 0.717) is 0 Å². The van der Waals surface area contributed by atoms with Crippen LogP contribution in [0.2, 0.25) is 0 Å². The summed E-state index contributed by atoms with van der Waals surface area (Å²) in [5.74, 6) is 1.22. The zero-order chi connectivity index (χ0) is 14.1. The van der Waals surface area contributed by atoms with Gasteiger partial charge in [-0.25, -0.2) is 0 Å². The highest BCUT2D eigenvalue weighted by molar-refractivity contribution is 5.97. The lowest BCUT2D eigenvalue weighted by atomic mass is 10.0. The molecule has 2 atom stereocenters. The van der Waals surface area contributed by atoms with Gasteiger partial charge in [-0.3, -0.25) is 9.59 Å². The Morgan fingerprint density at radius 2 is 1.80 bits per heavy atom. The number of nitrogens with zero attached hydrogens (tertiary/aromatic N) is 2. The van der Waals surface area contributed by atoms with Crippen molar-refractivity contribution in [2.45, 2.75) is 70.4 Å². The summed E-state index contributed by atoms with van der Waals surface area (Å²) in [4.78, 5) is 28.5. The van der Waals surface area contributed by atoms with Crippen LogP contribution in [0.4, 0.5) is 0 Å². The number of fused-ring (bicyclic) bond motifs is 1. The quantitative estimate of drug-likeness (QED) is 0.791. The van der Waals surface area contributed by atoms with Crippen LogP contribution in [-0.4, -0.2) is 46.8 Å². The van der Waals surface area contributed by atoms with Crippen LogP contribution in [0.5, 0.6) is 0 Å². The topological polar surface area (TPSA) is 40.6 Å². The van der Waals surface area contributed by atoms with E-state index in [0.717, 1.165) is 38.3 Å². The third kappa shape index (κ3) is 2.45. The largest absolute Gasteiger partial charge is 0.329 e. The number of carbonyl (C=O) groups is 2. The van der Waals surface area contributed by atoms with Crippen LogP contribution < -0.4 is 0 Å². The highest BCUT2D eigenvalue weighted by Crippen LogP contribution is 2.30. The van der Waals surface area contributed by atoms with Crippen LogP contribution in [0, 0.1) is 5.92 Å². The van der Waals surface area contributed by atoms with Gasteiger partial charge in [0.25, 0.3) is 0 Å². The van der Waals surface area contributed by atoms with Gasteiger partial charge in [0, 0.05) is 13.1 Å². The Labute approximate surface area is 121 Å². The van der Waals surface area contributed by atoms with Crippen LogP contribution in [0.1, 0.15) is 58.3 Å². The second-order valence-corrected chi connectivity index (χ2v) is 6.69. The van der Waals surface area contributed by atoms with E-state index in [1.807, 2.05) is 11.8 Å². The smallest absolute Gasteiger partial charge is 0.246 e. The number of carbonyl (C=O) groups excluding carboxylic acids is 2. The number of rotatable bonds is 4. The van der Waals surface area contributed by atoms with E-state index in [-0.39, 0.29) is 23.9 Å². The van der Waals surface area contributed by atoms with Crippen molar-refractivity contribution >= 4 is 11.8 Å². The fraction of sp³-hybridized carbons (Fsp3) is 0.875. The lowest BCUT2D eigenvalue weighted by molar-refractivity contribution is -0.158. The minimum atomic E-state index is -0.250. The maximum absolute atomic E-state index is 12.5. The normalized spacial score (nSPS) is 31.2. The standard InChI is InChI=1S/C16H26N2O2/c1-12-15(19)18-11-5-9-14(18)16(20)17(12)10-4-8-13-6-2-3-7-13/h12-14H,2-11H2,1H3. The van der Waals surface area contributed by atoms with E-state index in [9.17, 15) is 9.59 Å². The Kier molecular flexibility index (Phi) is 3.99. The average Bonchev–Trinajstić information content (AvgIpc) is 3.10. The predicted molar refractivity (Wildman–Crippen MR) is 77.1 cm³/mol. The maximum atomic E-state index is 12.5. The Hall–Kier alpha value is -1.06. The molecule has 4 nitrogen and oxygen atoms in total. The molecule has 0 aromatic heterocycles. The first-order chi connectivity index (χ1) is 9.68. The van der Waals surface area contributed by atoms with Crippen LogP contribution in [0.25, 0.3) is 0 Å². The number of hydrogen-bond donors (Lipinski definition) is 0. The maximum Gasteiger partial charge on any atom is 0.246 e. The van der Waals surface area contributed by atoms with E-state index in [4.69, 9.17) is 0 Å². The molecule has 2 unspecified atom stereocenters. The van der Waals surface area contributed by atoms with Gasteiger partial charge < -0.3 is 9.80 Å². The molecule has 1 aliphatic carbocycles. The molecule has 2 saturated heterocycles. The highest BCUT2D eigenvalue weighted by atomic mass is 16.2. The Morgan fingerprint density at radius 1 is 1.05 bits per heavy atom. The van der Waals surface area contributed by atoms with Crippen molar-refractivity contribution in [2.75, 3.05) is 13.1 Å². The lowest BCUT2D eigenvalue weighted by Crippen LogP contribution is -2.61. The van der Waals surface area contributed by atoms with E-state index in [1.165, 1.54) is 32.1 Å². The molecule has 2 amide bonds. The van der Waals surface area contributed by atoms with Crippen LogP contribution in [0.15, 0.2) is 0 Å². The molecular formula is C16H26N2O2. The van der Waals surface area contributed by atoms with Crippen LogP contribution in [0.3, 0.4) is 0 Å². The second kappa shape index (κ2) is 5.74. The molecule has 2 aliphatic heterocycles.